The monoisotopic (exact) mass is 279 g/mol. The smallest absolute Gasteiger partial charge is 0.272 e. The summed E-state index contributed by atoms with van der Waals surface area (Å²) >= 11 is 0. The molecule has 1 aliphatic heterocycles. The first kappa shape index (κ1) is 14.5. The molecule has 1 aromatic heterocycles. The number of likely N-dealkylation sites (N-methyl/N-ethyl adjacent to an activating group) is 1. The highest BCUT2D eigenvalue weighted by molar-refractivity contribution is 5.96. The normalized spacial score (nSPS) is 22.1. The number of carbonyl (C=O) groups excluding carboxylic acids is 2. The molecule has 2 atom stereocenters. The lowest BCUT2D eigenvalue weighted by molar-refractivity contribution is -0.124. The summed E-state index contributed by atoms with van der Waals surface area (Å²) in [6, 6.07) is 1.03. The van der Waals surface area contributed by atoms with Crippen molar-refractivity contribution in [3.8, 4) is 0 Å². The van der Waals surface area contributed by atoms with Gasteiger partial charge in [-0.25, -0.2) is 0 Å². The fraction of sp³-hybridized carbons (Fsp3) is 0.615. The summed E-state index contributed by atoms with van der Waals surface area (Å²) in [5, 5.41) is 6.73. The van der Waals surface area contributed by atoms with E-state index in [0.29, 0.717) is 25.2 Å². The van der Waals surface area contributed by atoms with E-state index in [1.807, 2.05) is 6.92 Å². The molecule has 0 unspecified atom stereocenters. The van der Waals surface area contributed by atoms with Crippen LogP contribution in [0.15, 0.2) is 12.3 Å². The third-order valence-electron chi connectivity index (χ3n) is 3.51. The summed E-state index contributed by atoms with van der Waals surface area (Å²) in [7, 11) is 1.57. The predicted octanol–water partition coefficient (Wildman–Crippen LogP) is -0.419. The summed E-state index contributed by atoms with van der Waals surface area (Å²) in [6.07, 6.45) is 2.99. The van der Waals surface area contributed by atoms with Crippen LogP contribution in [0.25, 0.3) is 0 Å². The van der Waals surface area contributed by atoms with Crippen molar-refractivity contribution in [2.45, 2.75) is 38.4 Å². The van der Waals surface area contributed by atoms with Crippen LogP contribution in [-0.2, 0) is 11.3 Å². The molecule has 2 amide bonds. The molecule has 1 aliphatic rings. The topological polar surface area (TPSA) is 93.2 Å². The number of hydrogen-bond donors (Lipinski definition) is 2. The van der Waals surface area contributed by atoms with Gasteiger partial charge in [-0.15, -0.1) is 0 Å². The average molecular weight is 279 g/mol. The molecule has 0 aromatic carbocycles. The van der Waals surface area contributed by atoms with Gasteiger partial charge in [0.15, 0.2) is 0 Å². The fourth-order valence-corrected chi connectivity index (χ4v) is 2.56. The van der Waals surface area contributed by atoms with Gasteiger partial charge < -0.3 is 16.0 Å². The van der Waals surface area contributed by atoms with Crippen LogP contribution in [0.2, 0.25) is 0 Å². The van der Waals surface area contributed by atoms with E-state index < -0.39 is 6.04 Å². The Kier molecular flexibility index (Phi) is 4.39. The predicted molar refractivity (Wildman–Crippen MR) is 74.0 cm³/mol. The molecule has 7 heteroatoms. The minimum Gasteiger partial charge on any atom is -0.357 e. The third kappa shape index (κ3) is 2.67. The van der Waals surface area contributed by atoms with Crippen molar-refractivity contribution >= 4 is 11.8 Å². The molecule has 1 saturated heterocycles. The van der Waals surface area contributed by atoms with Gasteiger partial charge in [-0.2, -0.15) is 5.10 Å². The molecule has 2 rings (SSSR count). The minimum atomic E-state index is -0.493. The van der Waals surface area contributed by atoms with E-state index in [1.54, 1.807) is 28.9 Å². The molecule has 0 spiro atoms. The number of nitrogens with zero attached hydrogens (tertiary/aromatic N) is 3. The maximum absolute atomic E-state index is 12.6. The number of carbonyl (C=O) groups is 2. The molecule has 7 nitrogen and oxygen atoms in total. The molecule has 0 bridgehead atoms. The van der Waals surface area contributed by atoms with Crippen molar-refractivity contribution in [3.63, 3.8) is 0 Å². The van der Waals surface area contributed by atoms with Crippen LogP contribution in [0.5, 0.6) is 0 Å². The molecule has 0 radical (unpaired) electrons. The Labute approximate surface area is 118 Å². The molecule has 1 fully saturated rings. The Morgan fingerprint density at radius 1 is 1.55 bits per heavy atom. The van der Waals surface area contributed by atoms with Crippen molar-refractivity contribution in [3.05, 3.63) is 18.0 Å². The number of aryl methyl sites for hydroxylation is 1. The van der Waals surface area contributed by atoms with E-state index in [-0.39, 0.29) is 17.9 Å². The Balaban J connectivity index is 2.22. The summed E-state index contributed by atoms with van der Waals surface area (Å²) in [4.78, 5) is 26.0. The zero-order valence-electron chi connectivity index (χ0n) is 11.9. The van der Waals surface area contributed by atoms with Crippen molar-refractivity contribution in [1.82, 2.24) is 20.0 Å². The third-order valence-corrected chi connectivity index (χ3v) is 3.51. The second-order valence-corrected chi connectivity index (χ2v) is 5.02. The Bertz CT molecular complexity index is 499. The number of hydrogen-bond acceptors (Lipinski definition) is 4. The standard InChI is InChI=1S/C13H21N5O2/c1-3-6-18-10(4-5-16-18)13(20)17-8-9(14)7-11(17)12(19)15-2/h4-5,9,11H,3,6-8,14H2,1-2H3,(H,15,19)/t9-,11-/m0/s1. The van der Waals surface area contributed by atoms with E-state index in [2.05, 4.69) is 10.4 Å². The summed E-state index contributed by atoms with van der Waals surface area (Å²) in [5.74, 6) is -0.356. The molecule has 3 N–H and O–H groups in total. The zero-order valence-corrected chi connectivity index (χ0v) is 11.9. The molecule has 0 saturated carbocycles. The summed E-state index contributed by atoms with van der Waals surface area (Å²) < 4.78 is 1.67. The highest BCUT2D eigenvalue weighted by atomic mass is 16.2. The first-order chi connectivity index (χ1) is 9.58. The van der Waals surface area contributed by atoms with Gasteiger partial charge in [0.25, 0.3) is 5.91 Å². The first-order valence-electron chi connectivity index (χ1n) is 6.88. The second kappa shape index (κ2) is 6.04. The number of rotatable bonds is 4. The van der Waals surface area contributed by atoms with Crippen molar-refractivity contribution < 1.29 is 9.59 Å². The van der Waals surface area contributed by atoms with Gasteiger partial charge >= 0.3 is 0 Å². The number of nitrogens with two attached hydrogens (primary N) is 1. The molecular formula is C13H21N5O2. The van der Waals surface area contributed by atoms with Gasteiger partial charge in [-0.05, 0) is 18.9 Å². The van der Waals surface area contributed by atoms with E-state index in [9.17, 15) is 9.59 Å². The maximum atomic E-state index is 12.6. The number of nitrogens with one attached hydrogen (secondary N) is 1. The highest BCUT2D eigenvalue weighted by Crippen LogP contribution is 2.20. The number of amides is 2. The van der Waals surface area contributed by atoms with Gasteiger partial charge in [0.1, 0.15) is 11.7 Å². The van der Waals surface area contributed by atoms with Crippen LogP contribution in [-0.4, -0.2) is 52.2 Å². The van der Waals surface area contributed by atoms with Crippen LogP contribution in [0.1, 0.15) is 30.3 Å². The van der Waals surface area contributed by atoms with Crippen molar-refractivity contribution in [1.29, 1.82) is 0 Å². The fourth-order valence-electron chi connectivity index (χ4n) is 2.56. The number of likely N-dealkylation sites (tertiary alicyclic amines) is 1. The molecule has 20 heavy (non-hydrogen) atoms. The van der Waals surface area contributed by atoms with Crippen LogP contribution in [0.3, 0.4) is 0 Å². The molecule has 110 valence electrons. The Hall–Kier alpha value is -1.89. The molecule has 2 heterocycles. The largest absolute Gasteiger partial charge is 0.357 e. The van der Waals surface area contributed by atoms with Gasteiger partial charge in [-0.1, -0.05) is 6.92 Å². The maximum Gasteiger partial charge on any atom is 0.272 e. The quantitative estimate of drug-likeness (QED) is 0.783. The van der Waals surface area contributed by atoms with E-state index >= 15 is 0 Å². The Morgan fingerprint density at radius 3 is 2.95 bits per heavy atom. The van der Waals surface area contributed by atoms with Crippen LogP contribution >= 0.6 is 0 Å². The van der Waals surface area contributed by atoms with Crippen LogP contribution in [0.4, 0.5) is 0 Å². The van der Waals surface area contributed by atoms with Crippen LogP contribution < -0.4 is 11.1 Å². The van der Waals surface area contributed by atoms with Crippen molar-refractivity contribution in [2.24, 2.45) is 5.73 Å². The van der Waals surface area contributed by atoms with E-state index in [1.165, 1.54) is 0 Å². The second-order valence-electron chi connectivity index (χ2n) is 5.02. The number of aromatic nitrogens is 2. The average Bonchev–Trinajstić information content (AvgIpc) is 3.04. The van der Waals surface area contributed by atoms with Gasteiger partial charge in [-0.3, -0.25) is 14.3 Å². The van der Waals surface area contributed by atoms with E-state index in [4.69, 9.17) is 5.73 Å². The van der Waals surface area contributed by atoms with Gasteiger partial charge in [0.05, 0.1) is 0 Å². The summed E-state index contributed by atoms with van der Waals surface area (Å²) in [6.45, 7) is 3.10. The Morgan fingerprint density at radius 2 is 2.30 bits per heavy atom. The van der Waals surface area contributed by atoms with E-state index in [0.717, 1.165) is 6.42 Å². The molecular weight excluding hydrogens is 258 g/mol. The minimum absolute atomic E-state index is 0.163. The lowest BCUT2D eigenvalue weighted by Gasteiger charge is -2.23. The zero-order chi connectivity index (χ0) is 14.7. The summed E-state index contributed by atoms with van der Waals surface area (Å²) in [5.41, 5.74) is 6.41. The molecule has 1 aromatic rings. The van der Waals surface area contributed by atoms with Gasteiger partial charge in [0.2, 0.25) is 5.91 Å². The lowest BCUT2D eigenvalue weighted by atomic mass is 10.1. The molecule has 0 aliphatic carbocycles. The lowest BCUT2D eigenvalue weighted by Crippen LogP contribution is -2.45. The van der Waals surface area contributed by atoms with Crippen molar-refractivity contribution in [2.75, 3.05) is 13.6 Å². The first-order valence-corrected chi connectivity index (χ1v) is 6.88. The van der Waals surface area contributed by atoms with Crippen LogP contribution in [0, 0.1) is 0 Å². The van der Waals surface area contributed by atoms with Gasteiger partial charge in [0, 0.05) is 32.4 Å². The SMILES string of the molecule is CCCn1nccc1C(=O)N1C[C@@H](N)C[C@H]1C(=O)NC. The highest BCUT2D eigenvalue weighted by Gasteiger charge is 2.38.